The number of amides is 2. The predicted octanol–water partition coefficient (Wildman–Crippen LogP) is 1.89. The Hall–Kier alpha value is -2.98. The van der Waals surface area contributed by atoms with Crippen molar-refractivity contribution in [2.24, 2.45) is 0 Å². The van der Waals surface area contributed by atoms with Gasteiger partial charge in [-0.25, -0.2) is 5.48 Å². The predicted molar refractivity (Wildman–Crippen MR) is 136 cm³/mol. The Morgan fingerprint density at radius 2 is 1.64 bits per heavy atom. The van der Waals surface area contributed by atoms with Gasteiger partial charge >= 0.3 is 0 Å². The van der Waals surface area contributed by atoms with Crippen molar-refractivity contribution >= 4 is 17.5 Å². The Bertz CT molecular complexity index is 998. The number of carbonyl (C=O) groups excluding carboxylic acids is 2. The van der Waals surface area contributed by atoms with Crippen LogP contribution in [-0.4, -0.2) is 78.6 Å². The molecule has 0 bridgehead atoms. The Kier molecular flexibility index (Phi) is 8.93. The van der Waals surface area contributed by atoms with Gasteiger partial charge in [-0.05, 0) is 61.1 Å². The zero-order valence-corrected chi connectivity index (χ0v) is 20.7. The molecule has 4 rings (SSSR count). The van der Waals surface area contributed by atoms with Crippen molar-refractivity contribution in [2.45, 2.75) is 44.4 Å². The smallest absolute Gasteiger partial charge is 0.268 e. The summed E-state index contributed by atoms with van der Waals surface area (Å²) in [5.41, 5.74) is 5.63. The van der Waals surface area contributed by atoms with Crippen molar-refractivity contribution in [3.05, 3.63) is 65.2 Å². The number of aliphatic hydroxyl groups is 1. The number of hydroxylamine groups is 1. The van der Waals surface area contributed by atoms with Crippen molar-refractivity contribution in [2.75, 3.05) is 44.3 Å². The second-order valence-electron chi connectivity index (χ2n) is 9.61. The van der Waals surface area contributed by atoms with Gasteiger partial charge in [-0.15, -0.1) is 0 Å². The van der Waals surface area contributed by atoms with Crippen LogP contribution in [0.3, 0.4) is 0 Å². The Morgan fingerprint density at radius 3 is 2.22 bits per heavy atom. The highest BCUT2D eigenvalue weighted by Crippen LogP contribution is 2.31. The van der Waals surface area contributed by atoms with E-state index in [-0.39, 0.29) is 0 Å². The summed E-state index contributed by atoms with van der Waals surface area (Å²) < 4.78 is 5.43. The van der Waals surface area contributed by atoms with Crippen LogP contribution in [0.15, 0.2) is 48.5 Å². The molecule has 0 saturated carbocycles. The molecule has 194 valence electrons. The molecule has 2 fully saturated rings. The highest BCUT2D eigenvalue weighted by molar-refractivity contribution is 5.97. The maximum absolute atomic E-state index is 12.5. The zero-order valence-electron chi connectivity index (χ0n) is 20.7. The second kappa shape index (κ2) is 12.3. The summed E-state index contributed by atoms with van der Waals surface area (Å²) in [4.78, 5) is 28.9. The molecule has 2 saturated heterocycles. The van der Waals surface area contributed by atoms with Crippen molar-refractivity contribution in [3.63, 3.8) is 0 Å². The number of rotatable bonds is 8. The van der Waals surface area contributed by atoms with E-state index in [0.717, 1.165) is 64.5 Å². The molecule has 2 amide bonds. The van der Waals surface area contributed by atoms with Gasteiger partial charge in [-0.3, -0.25) is 19.7 Å². The number of hydrogen-bond donors (Lipinski definition) is 4. The Morgan fingerprint density at radius 1 is 1.00 bits per heavy atom. The average Bonchev–Trinajstić information content (AvgIpc) is 2.92. The minimum atomic E-state index is -1.24. The Balaban J connectivity index is 1.28. The number of piperidine rings is 1. The molecule has 2 atom stereocenters. The summed E-state index contributed by atoms with van der Waals surface area (Å²) in [5.74, 6) is -0.824. The monoisotopic (exact) mass is 496 g/mol. The van der Waals surface area contributed by atoms with Crippen LogP contribution in [-0.2, 0) is 16.1 Å². The number of carbonyl (C=O) groups is 2. The molecule has 4 N–H and O–H groups in total. The van der Waals surface area contributed by atoms with Crippen molar-refractivity contribution in [1.82, 2.24) is 15.7 Å². The van der Waals surface area contributed by atoms with Crippen LogP contribution < -0.4 is 15.7 Å². The molecule has 0 aliphatic carbocycles. The number of hydrogen-bond acceptors (Lipinski definition) is 7. The van der Waals surface area contributed by atoms with E-state index in [4.69, 9.17) is 9.94 Å². The van der Waals surface area contributed by atoms with Crippen LogP contribution in [0.4, 0.5) is 5.69 Å². The molecule has 2 heterocycles. The van der Waals surface area contributed by atoms with E-state index in [1.807, 2.05) is 12.1 Å². The molecule has 9 nitrogen and oxygen atoms in total. The molecular formula is C27H36N4O5. The number of benzene rings is 2. The van der Waals surface area contributed by atoms with Crippen molar-refractivity contribution in [3.8, 4) is 0 Å². The minimum Gasteiger partial charge on any atom is -0.391 e. The lowest BCUT2D eigenvalue weighted by molar-refractivity contribution is -0.133. The molecule has 1 unspecified atom stereocenters. The van der Waals surface area contributed by atoms with Gasteiger partial charge in [-0.2, -0.15) is 0 Å². The van der Waals surface area contributed by atoms with Crippen LogP contribution in [0.25, 0.3) is 0 Å². The SMILES string of the molecule is C[C@@H](O)C(NC(=O)c1ccc(N2CCC(c3ccc(CN4CCOCC4)cc3)CC2)cc1)C(=O)NO. The van der Waals surface area contributed by atoms with Crippen LogP contribution in [0.2, 0.25) is 0 Å². The lowest BCUT2D eigenvalue weighted by Gasteiger charge is -2.34. The van der Waals surface area contributed by atoms with Crippen LogP contribution >= 0.6 is 0 Å². The number of anilines is 1. The van der Waals surface area contributed by atoms with Gasteiger partial charge in [0.15, 0.2) is 0 Å². The van der Waals surface area contributed by atoms with E-state index in [2.05, 4.69) is 39.4 Å². The third-order valence-electron chi connectivity index (χ3n) is 7.11. The number of nitrogens with one attached hydrogen (secondary N) is 2. The lowest BCUT2D eigenvalue weighted by Crippen LogP contribution is -2.51. The molecule has 2 aliphatic rings. The maximum atomic E-state index is 12.5. The van der Waals surface area contributed by atoms with Gasteiger partial charge in [0, 0.05) is 44.0 Å². The van der Waals surface area contributed by atoms with Gasteiger partial charge in [0.05, 0.1) is 19.3 Å². The molecule has 2 aromatic carbocycles. The quantitative estimate of drug-likeness (QED) is 0.326. The third kappa shape index (κ3) is 6.61. The first kappa shape index (κ1) is 26.1. The van der Waals surface area contributed by atoms with Crippen molar-refractivity contribution in [1.29, 1.82) is 0 Å². The number of nitrogens with zero attached hydrogens (tertiary/aromatic N) is 2. The standard InChI is InChI=1S/C27H36N4O5/c1-19(32)25(27(34)29-35)28-26(33)23-6-8-24(9-7-23)31-12-10-22(11-13-31)21-4-2-20(3-5-21)18-30-14-16-36-17-15-30/h2-9,19,22,25,32,35H,10-18H2,1H3,(H,28,33)(H,29,34)/t19-,25?/m1/s1. The first-order chi connectivity index (χ1) is 17.4. The van der Waals surface area contributed by atoms with E-state index in [1.54, 1.807) is 12.1 Å². The summed E-state index contributed by atoms with van der Waals surface area (Å²) in [7, 11) is 0. The highest BCUT2D eigenvalue weighted by Gasteiger charge is 2.26. The number of morpholine rings is 1. The fraction of sp³-hybridized carbons (Fsp3) is 0.481. The van der Waals surface area contributed by atoms with Crippen LogP contribution in [0.1, 0.15) is 47.2 Å². The molecule has 2 aromatic rings. The second-order valence-corrected chi connectivity index (χ2v) is 9.61. The lowest BCUT2D eigenvalue weighted by atomic mass is 9.88. The summed E-state index contributed by atoms with van der Waals surface area (Å²) in [5, 5.41) is 21.0. The van der Waals surface area contributed by atoms with E-state index in [0.29, 0.717) is 11.5 Å². The molecule has 0 spiro atoms. The number of ether oxygens (including phenoxy) is 1. The topological polar surface area (TPSA) is 114 Å². The summed E-state index contributed by atoms with van der Waals surface area (Å²) >= 11 is 0. The van der Waals surface area contributed by atoms with Gasteiger partial charge in [0.2, 0.25) is 0 Å². The zero-order chi connectivity index (χ0) is 25.5. The van der Waals surface area contributed by atoms with Gasteiger partial charge in [0.1, 0.15) is 6.04 Å². The first-order valence-electron chi connectivity index (χ1n) is 12.6. The molecular weight excluding hydrogens is 460 g/mol. The van der Waals surface area contributed by atoms with E-state index < -0.39 is 24.0 Å². The van der Waals surface area contributed by atoms with E-state index in [9.17, 15) is 14.7 Å². The van der Waals surface area contributed by atoms with Gasteiger partial charge in [0.25, 0.3) is 11.8 Å². The summed E-state index contributed by atoms with van der Waals surface area (Å²) in [6.07, 6.45) is 0.983. The normalized spacial score (nSPS) is 18.9. The fourth-order valence-corrected chi connectivity index (χ4v) is 4.91. The van der Waals surface area contributed by atoms with Gasteiger partial charge in [-0.1, -0.05) is 24.3 Å². The number of aliphatic hydroxyl groups excluding tert-OH is 1. The molecule has 36 heavy (non-hydrogen) atoms. The molecule has 2 aliphatic heterocycles. The first-order valence-corrected chi connectivity index (χ1v) is 12.6. The summed E-state index contributed by atoms with van der Waals surface area (Å²) in [6.45, 7) is 7.85. The fourth-order valence-electron chi connectivity index (χ4n) is 4.91. The highest BCUT2D eigenvalue weighted by atomic mass is 16.5. The van der Waals surface area contributed by atoms with Gasteiger partial charge < -0.3 is 20.1 Å². The summed E-state index contributed by atoms with van der Waals surface area (Å²) in [6, 6.07) is 15.1. The average molecular weight is 497 g/mol. The van der Waals surface area contributed by atoms with Crippen LogP contribution in [0, 0.1) is 0 Å². The van der Waals surface area contributed by atoms with Crippen molar-refractivity contribution < 1.29 is 24.6 Å². The minimum absolute atomic E-state index is 0.377. The van der Waals surface area contributed by atoms with E-state index in [1.165, 1.54) is 23.5 Å². The van der Waals surface area contributed by atoms with E-state index >= 15 is 0 Å². The third-order valence-corrected chi connectivity index (χ3v) is 7.11. The van der Waals surface area contributed by atoms with Crippen LogP contribution in [0.5, 0.6) is 0 Å². The Labute approximate surface area is 212 Å². The maximum Gasteiger partial charge on any atom is 0.268 e. The molecule has 0 aromatic heterocycles. The molecule has 9 heteroatoms. The largest absolute Gasteiger partial charge is 0.391 e. The molecule has 0 radical (unpaired) electrons.